The number of carbonyl (C=O) groups is 1. The predicted molar refractivity (Wildman–Crippen MR) is 131 cm³/mol. The summed E-state index contributed by atoms with van der Waals surface area (Å²) in [5.74, 6) is 1.05. The maximum atomic E-state index is 13.5. The van der Waals surface area contributed by atoms with E-state index in [9.17, 15) is 13.2 Å². The molecule has 0 bridgehead atoms. The largest absolute Gasteiger partial charge is 0.486 e. The van der Waals surface area contributed by atoms with Gasteiger partial charge >= 0.3 is 0 Å². The van der Waals surface area contributed by atoms with E-state index in [2.05, 4.69) is 5.32 Å². The molecule has 3 aromatic rings. The van der Waals surface area contributed by atoms with Crippen LogP contribution in [0.1, 0.15) is 5.56 Å². The van der Waals surface area contributed by atoms with Gasteiger partial charge in [0.15, 0.2) is 17.6 Å². The monoisotopic (exact) mass is 514 g/mol. The quantitative estimate of drug-likeness (QED) is 0.559. The van der Waals surface area contributed by atoms with Gasteiger partial charge in [-0.15, -0.1) is 0 Å². The number of halogens is 1. The fourth-order valence-corrected chi connectivity index (χ4v) is 5.55. The van der Waals surface area contributed by atoms with Crippen LogP contribution >= 0.6 is 11.6 Å². The number of hydrogen-bond donors (Lipinski definition) is 1. The molecule has 0 aliphatic carbocycles. The van der Waals surface area contributed by atoms with Crippen molar-refractivity contribution < 1.29 is 27.4 Å². The van der Waals surface area contributed by atoms with Gasteiger partial charge in [-0.25, -0.2) is 8.42 Å². The van der Waals surface area contributed by atoms with Crippen molar-refractivity contribution in [3.63, 3.8) is 0 Å². The molecule has 10 heteroatoms. The zero-order valence-corrected chi connectivity index (χ0v) is 20.4. The number of amides is 1. The molecule has 2 aliphatic heterocycles. The zero-order chi connectivity index (χ0) is 24.6. The minimum atomic E-state index is -3.97. The second-order valence-electron chi connectivity index (χ2n) is 8.31. The number of benzene rings is 3. The number of hydrogen-bond acceptors (Lipinski definition) is 6. The molecule has 2 atom stereocenters. The SMILES string of the molecule is Cc1ccc(S(=O)(=O)N2C[C@H](C(=O)NC[C@@H]3COc4ccccc4O3)Oc3ccc(Cl)cc32)cc1. The summed E-state index contributed by atoms with van der Waals surface area (Å²) in [6.45, 7) is 2.11. The number of sulfonamides is 1. The first-order chi connectivity index (χ1) is 16.8. The molecular weight excluding hydrogens is 492 g/mol. The Balaban J connectivity index is 1.34. The van der Waals surface area contributed by atoms with Gasteiger partial charge in [0.1, 0.15) is 18.5 Å². The third-order valence-corrected chi connectivity index (χ3v) is 7.79. The van der Waals surface area contributed by atoms with Crippen LogP contribution in [-0.2, 0) is 14.8 Å². The minimum absolute atomic E-state index is 0.113. The van der Waals surface area contributed by atoms with Crippen LogP contribution in [0.3, 0.4) is 0 Å². The summed E-state index contributed by atoms with van der Waals surface area (Å²) < 4.78 is 45.7. The molecular formula is C25H23ClN2O6S. The standard InChI is InChI=1S/C25H23ClN2O6S/c1-16-6-9-19(10-7-16)35(30,31)28-14-24(34-21-11-8-17(26)12-20(21)28)25(29)27-13-18-15-32-22-4-2-3-5-23(22)33-18/h2-12,18,24H,13-15H2,1H3,(H,27,29)/t18-,24-/m1/s1. The first-order valence-electron chi connectivity index (χ1n) is 11.0. The smallest absolute Gasteiger partial charge is 0.264 e. The lowest BCUT2D eigenvalue weighted by Gasteiger charge is -2.35. The van der Waals surface area contributed by atoms with E-state index in [1.807, 2.05) is 25.1 Å². The summed E-state index contributed by atoms with van der Waals surface area (Å²) in [5.41, 5.74) is 1.21. The van der Waals surface area contributed by atoms with Crippen molar-refractivity contribution >= 4 is 33.2 Å². The van der Waals surface area contributed by atoms with E-state index in [1.165, 1.54) is 22.5 Å². The molecule has 2 aliphatic rings. The summed E-state index contributed by atoms with van der Waals surface area (Å²) in [7, 11) is -3.97. The van der Waals surface area contributed by atoms with Crippen LogP contribution in [-0.4, -0.2) is 46.2 Å². The second-order valence-corrected chi connectivity index (χ2v) is 10.6. The Morgan fingerprint density at radius 1 is 1.03 bits per heavy atom. The Hall–Kier alpha value is -3.43. The normalized spacial score (nSPS) is 18.9. The van der Waals surface area contributed by atoms with Gasteiger partial charge in [-0.05, 0) is 49.4 Å². The molecule has 0 spiro atoms. The van der Waals surface area contributed by atoms with Crippen LogP contribution in [0.5, 0.6) is 17.2 Å². The van der Waals surface area contributed by atoms with Gasteiger partial charge in [-0.1, -0.05) is 41.4 Å². The van der Waals surface area contributed by atoms with Gasteiger partial charge in [0, 0.05) is 5.02 Å². The summed E-state index contributed by atoms with van der Waals surface area (Å²) in [6, 6.07) is 18.5. The van der Waals surface area contributed by atoms with Crippen LogP contribution in [0.4, 0.5) is 5.69 Å². The van der Waals surface area contributed by atoms with Crippen molar-refractivity contribution in [2.75, 3.05) is 24.0 Å². The number of para-hydroxylation sites is 2. The number of anilines is 1. The second kappa shape index (κ2) is 9.31. The van der Waals surface area contributed by atoms with Crippen LogP contribution in [0.25, 0.3) is 0 Å². The van der Waals surface area contributed by atoms with Crippen LogP contribution in [0, 0.1) is 6.92 Å². The van der Waals surface area contributed by atoms with E-state index in [-0.39, 0.29) is 36.0 Å². The van der Waals surface area contributed by atoms with E-state index in [0.717, 1.165) is 5.56 Å². The molecule has 0 fully saturated rings. The maximum absolute atomic E-state index is 13.5. The average molecular weight is 515 g/mol. The van der Waals surface area contributed by atoms with Crippen molar-refractivity contribution in [2.24, 2.45) is 0 Å². The van der Waals surface area contributed by atoms with E-state index < -0.39 is 28.1 Å². The first kappa shape index (κ1) is 23.3. The molecule has 0 aromatic heterocycles. The highest BCUT2D eigenvalue weighted by atomic mass is 35.5. The molecule has 1 amide bonds. The van der Waals surface area contributed by atoms with Crippen LogP contribution in [0.2, 0.25) is 5.02 Å². The third kappa shape index (κ3) is 4.74. The third-order valence-electron chi connectivity index (χ3n) is 5.76. The topological polar surface area (TPSA) is 94.2 Å². The molecule has 182 valence electrons. The average Bonchev–Trinajstić information content (AvgIpc) is 2.86. The van der Waals surface area contributed by atoms with Crippen molar-refractivity contribution in [1.29, 1.82) is 0 Å². The minimum Gasteiger partial charge on any atom is -0.486 e. The van der Waals surface area contributed by atoms with Crippen molar-refractivity contribution in [3.05, 3.63) is 77.3 Å². The van der Waals surface area contributed by atoms with Crippen molar-refractivity contribution in [1.82, 2.24) is 5.32 Å². The summed E-state index contributed by atoms with van der Waals surface area (Å²) in [5, 5.41) is 3.15. The number of ether oxygens (including phenoxy) is 3. The van der Waals surface area contributed by atoms with Gasteiger partial charge in [-0.2, -0.15) is 0 Å². The van der Waals surface area contributed by atoms with Crippen LogP contribution in [0.15, 0.2) is 71.6 Å². The number of fused-ring (bicyclic) bond motifs is 2. The molecule has 0 saturated carbocycles. The Morgan fingerprint density at radius 2 is 1.77 bits per heavy atom. The first-order valence-corrected chi connectivity index (χ1v) is 12.8. The molecule has 0 saturated heterocycles. The van der Waals surface area contributed by atoms with Crippen molar-refractivity contribution in [3.8, 4) is 17.2 Å². The van der Waals surface area contributed by atoms with Gasteiger partial charge in [0.2, 0.25) is 0 Å². The highest BCUT2D eigenvalue weighted by Crippen LogP contribution is 2.39. The van der Waals surface area contributed by atoms with E-state index in [0.29, 0.717) is 16.5 Å². The Morgan fingerprint density at radius 3 is 2.54 bits per heavy atom. The highest BCUT2D eigenvalue weighted by Gasteiger charge is 2.38. The molecule has 0 unspecified atom stereocenters. The van der Waals surface area contributed by atoms with Crippen LogP contribution < -0.4 is 23.8 Å². The summed E-state index contributed by atoms with van der Waals surface area (Å²) >= 11 is 6.15. The van der Waals surface area contributed by atoms with Gasteiger partial charge < -0.3 is 19.5 Å². The fourth-order valence-electron chi connectivity index (χ4n) is 3.92. The van der Waals surface area contributed by atoms with Gasteiger partial charge in [0.05, 0.1) is 23.7 Å². The Bertz CT molecular complexity index is 1360. The number of aryl methyl sites for hydroxylation is 1. The molecule has 5 rings (SSSR count). The summed E-state index contributed by atoms with van der Waals surface area (Å²) in [4.78, 5) is 13.1. The Labute approximate surface area is 208 Å². The molecule has 8 nitrogen and oxygen atoms in total. The fraction of sp³-hybridized carbons (Fsp3) is 0.240. The predicted octanol–water partition coefficient (Wildman–Crippen LogP) is 3.56. The Kier molecular flexibility index (Phi) is 6.21. The lowest BCUT2D eigenvalue weighted by molar-refractivity contribution is -0.128. The van der Waals surface area contributed by atoms with E-state index in [1.54, 1.807) is 30.3 Å². The molecule has 3 aromatic carbocycles. The lowest BCUT2D eigenvalue weighted by atomic mass is 10.2. The molecule has 35 heavy (non-hydrogen) atoms. The number of carbonyl (C=O) groups excluding carboxylic acids is 1. The molecule has 2 heterocycles. The van der Waals surface area contributed by atoms with Gasteiger partial charge in [0.25, 0.3) is 15.9 Å². The molecule has 0 radical (unpaired) electrons. The zero-order valence-electron chi connectivity index (χ0n) is 18.8. The van der Waals surface area contributed by atoms with Gasteiger partial charge in [-0.3, -0.25) is 9.10 Å². The summed E-state index contributed by atoms with van der Waals surface area (Å²) in [6.07, 6.45) is -1.46. The van der Waals surface area contributed by atoms with E-state index >= 15 is 0 Å². The van der Waals surface area contributed by atoms with Crippen molar-refractivity contribution in [2.45, 2.75) is 24.0 Å². The van der Waals surface area contributed by atoms with E-state index in [4.69, 9.17) is 25.8 Å². The maximum Gasteiger partial charge on any atom is 0.264 e. The lowest BCUT2D eigenvalue weighted by Crippen LogP contribution is -2.52. The highest BCUT2D eigenvalue weighted by molar-refractivity contribution is 7.92. The number of nitrogens with zero attached hydrogens (tertiary/aromatic N) is 1. The number of nitrogens with one attached hydrogen (secondary N) is 1. The molecule has 1 N–H and O–H groups in total. The number of rotatable bonds is 5.